The Morgan fingerprint density at radius 3 is 2.00 bits per heavy atom. The number of benzene rings is 1. The van der Waals surface area contributed by atoms with Crippen molar-refractivity contribution in [1.29, 1.82) is 0 Å². The van der Waals surface area contributed by atoms with Crippen molar-refractivity contribution in [2.24, 2.45) is 5.92 Å². The summed E-state index contributed by atoms with van der Waals surface area (Å²) in [6.07, 6.45) is 0.0144. The van der Waals surface area contributed by atoms with E-state index in [1.165, 1.54) is 0 Å². The second kappa shape index (κ2) is 5.06. The van der Waals surface area contributed by atoms with Gasteiger partial charge in [-0.25, -0.2) is 0 Å². The Kier molecular flexibility index (Phi) is 3.99. The summed E-state index contributed by atoms with van der Waals surface area (Å²) in [4.78, 5) is 23.3. The lowest BCUT2D eigenvalue weighted by atomic mass is 9.98. The number of rotatable bonds is 4. The maximum absolute atomic E-state index is 11.8. The fourth-order valence-corrected chi connectivity index (χ4v) is 1.60. The van der Waals surface area contributed by atoms with Crippen LogP contribution in [0.25, 0.3) is 0 Å². The molecular formula is C14H18O2. The van der Waals surface area contributed by atoms with Crippen LogP contribution in [0.4, 0.5) is 0 Å². The topological polar surface area (TPSA) is 34.1 Å². The van der Waals surface area contributed by atoms with Crippen LogP contribution in [0.15, 0.2) is 18.2 Å². The summed E-state index contributed by atoms with van der Waals surface area (Å²) < 4.78 is 0. The van der Waals surface area contributed by atoms with Crippen LogP contribution in [0.1, 0.15) is 41.8 Å². The lowest BCUT2D eigenvalue weighted by Gasteiger charge is -2.05. The van der Waals surface area contributed by atoms with Gasteiger partial charge in [0.1, 0.15) is 5.78 Å². The number of carbonyl (C=O) groups is 2. The lowest BCUT2D eigenvalue weighted by molar-refractivity contribution is -0.121. The van der Waals surface area contributed by atoms with E-state index < -0.39 is 0 Å². The van der Waals surface area contributed by atoms with Gasteiger partial charge in [0, 0.05) is 11.5 Å². The highest BCUT2D eigenvalue weighted by atomic mass is 16.1. The minimum absolute atomic E-state index is 0.00385. The zero-order valence-electron chi connectivity index (χ0n) is 10.3. The monoisotopic (exact) mass is 218 g/mol. The fourth-order valence-electron chi connectivity index (χ4n) is 1.60. The molecule has 0 aliphatic rings. The summed E-state index contributed by atoms with van der Waals surface area (Å²) >= 11 is 0. The van der Waals surface area contributed by atoms with Crippen LogP contribution in [0.5, 0.6) is 0 Å². The van der Waals surface area contributed by atoms with E-state index in [2.05, 4.69) is 0 Å². The van der Waals surface area contributed by atoms with E-state index in [1.807, 2.05) is 45.9 Å². The molecule has 2 nitrogen and oxygen atoms in total. The van der Waals surface area contributed by atoms with E-state index in [0.29, 0.717) is 5.56 Å². The summed E-state index contributed by atoms with van der Waals surface area (Å²) in [6.45, 7) is 7.54. The molecule has 1 aromatic rings. The maximum atomic E-state index is 11.8. The first-order valence-electron chi connectivity index (χ1n) is 5.54. The number of carbonyl (C=O) groups excluding carboxylic acids is 2. The van der Waals surface area contributed by atoms with E-state index in [9.17, 15) is 9.59 Å². The van der Waals surface area contributed by atoms with Gasteiger partial charge < -0.3 is 0 Å². The SMILES string of the molecule is Cc1cc(C)cc(C(=O)CC(=O)C(C)C)c1. The van der Waals surface area contributed by atoms with Crippen LogP contribution in [-0.4, -0.2) is 11.6 Å². The smallest absolute Gasteiger partial charge is 0.170 e. The summed E-state index contributed by atoms with van der Waals surface area (Å²) in [5.41, 5.74) is 2.76. The normalized spacial score (nSPS) is 10.6. The van der Waals surface area contributed by atoms with Crippen LogP contribution in [-0.2, 0) is 4.79 Å². The van der Waals surface area contributed by atoms with Crippen molar-refractivity contribution < 1.29 is 9.59 Å². The molecule has 0 fully saturated rings. The molecule has 0 saturated heterocycles. The Morgan fingerprint density at radius 2 is 1.56 bits per heavy atom. The van der Waals surface area contributed by atoms with E-state index in [-0.39, 0.29) is 23.9 Å². The van der Waals surface area contributed by atoms with Crippen LogP contribution in [0.3, 0.4) is 0 Å². The Labute approximate surface area is 96.7 Å². The predicted octanol–water partition coefficient (Wildman–Crippen LogP) is 3.10. The van der Waals surface area contributed by atoms with Gasteiger partial charge in [-0.05, 0) is 26.0 Å². The van der Waals surface area contributed by atoms with Crippen molar-refractivity contribution in [3.63, 3.8) is 0 Å². The highest BCUT2D eigenvalue weighted by Gasteiger charge is 2.14. The number of ketones is 2. The molecule has 0 amide bonds. The standard InChI is InChI=1S/C14H18O2/c1-9(2)13(15)8-14(16)12-6-10(3)5-11(4)7-12/h5-7,9H,8H2,1-4H3. The van der Waals surface area contributed by atoms with Gasteiger partial charge in [0.2, 0.25) is 0 Å². The molecular weight excluding hydrogens is 200 g/mol. The van der Waals surface area contributed by atoms with Crippen molar-refractivity contribution in [3.05, 3.63) is 34.9 Å². The molecule has 0 aromatic heterocycles. The van der Waals surface area contributed by atoms with Crippen molar-refractivity contribution in [1.82, 2.24) is 0 Å². The molecule has 2 heteroatoms. The number of hydrogen-bond acceptors (Lipinski definition) is 2. The molecule has 0 bridgehead atoms. The molecule has 1 rings (SSSR count). The average Bonchev–Trinajstić information content (AvgIpc) is 2.15. The Balaban J connectivity index is 2.85. The molecule has 0 spiro atoms. The van der Waals surface area contributed by atoms with Gasteiger partial charge in [-0.1, -0.05) is 31.0 Å². The molecule has 0 saturated carbocycles. The first-order valence-corrected chi connectivity index (χ1v) is 5.54. The summed E-state index contributed by atoms with van der Waals surface area (Å²) in [7, 11) is 0. The molecule has 1 aromatic carbocycles. The quantitative estimate of drug-likeness (QED) is 0.575. The molecule has 0 aliphatic carbocycles. The second-order valence-corrected chi connectivity index (χ2v) is 4.60. The fraction of sp³-hybridized carbons (Fsp3) is 0.429. The van der Waals surface area contributed by atoms with Crippen LogP contribution >= 0.6 is 0 Å². The molecule has 86 valence electrons. The van der Waals surface area contributed by atoms with Crippen molar-refractivity contribution >= 4 is 11.6 Å². The van der Waals surface area contributed by atoms with Crippen LogP contribution in [0, 0.1) is 19.8 Å². The first kappa shape index (κ1) is 12.6. The highest BCUT2D eigenvalue weighted by Crippen LogP contribution is 2.12. The molecule has 0 unspecified atom stereocenters. The van der Waals surface area contributed by atoms with Gasteiger partial charge in [-0.2, -0.15) is 0 Å². The summed E-state index contributed by atoms with van der Waals surface area (Å²) in [6, 6.07) is 5.69. The Morgan fingerprint density at radius 1 is 1.06 bits per heavy atom. The van der Waals surface area contributed by atoms with Gasteiger partial charge >= 0.3 is 0 Å². The molecule has 0 atom stereocenters. The van der Waals surface area contributed by atoms with Gasteiger partial charge in [-0.3, -0.25) is 9.59 Å². The third-order valence-electron chi connectivity index (χ3n) is 2.52. The van der Waals surface area contributed by atoms with Crippen LogP contribution < -0.4 is 0 Å². The summed E-state index contributed by atoms with van der Waals surface area (Å²) in [5, 5.41) is 0. The number of aryl methyl sites for hydroxylation is 2. The number of hydrogen-bond donors (Lipinski definition) is 0. The number of Topliss-reactive ketones (excluding diaryl/α,β-unsaturated/α-hetero) is 2. The first-order chi connectivity index (χ1) is 7.40. The van der Waals surface area contributed by atoms with Gasteiger partial charge in [0.05, 0.1) is 6.42 Å². The Bertz CT molecular complexity index is 396. The van der Waals surface area contributed by atoms with Crippen molar-refractivity contribution in [3.8, 4) is 0 Å². The van der Waals surface area contributed by atoms with Gasteiger partial charge in [-0.15, -0.1) is 0 Å². The van der Waals surface area contributed by atoms with E-state index in [4.69, 9.17) is 0 Å². The highest BCUT2D eigenvalue weighted by molar-refractivity contribution is 6.08. The van der Waals surface area contributed by atoms with Gasteiger partial charge in [0.15, 0.2) is 5.78 Å². The Hall–Kier alpha value is -1.44. The largest absolute Gasteiger partial charge is 0.299 e. The predicted molar refractivity (Wildman–Crippen MR) is 64.7 cm³/mol. The van der Waals surface area contributed by atoms with Crippen molar-refractivity contribution in [2.75, 3.05) is 0 Å². The van der Waals surface area contributed by atoms with E-state index in [0.717, 1.165) is 11.1 Å². The minimum atomic E-state index is -0.0782. The van der Waals surface area contributed by atoms with E-state index in [1.54, 1.807) is 0 Å². The minimum Gasteiger partial charge on any atom is -0.299 e. The second-order valence-electron chi connectivity index (χ2n) is 4.60. The summed E-state index contributed by atoms with van der Waals surface area (Å²) in [5.74, 6) is -0.149. The van der Waals surface area contributed by atoms with E-state index >= 15 is 0 Å². The zero-order chi connectivity index (χ0) is 12.3. The molecule has 0 heterocycles. The lowest BCUT2D eigenvalue weighted by Crippen LogP contribution is -2.13. The van der Waals surface area contributed by atoms with Crippen molar-refractivity contribution in [2.45, 2.75) is 34.1 Å². The maximum Gasteiger partial charge on any atom is 0.170 e. The molecule has 16 heavy (non-hydrogen) atoms. The zero-order valence-corrected chi connectivity index (χ0v) is 10.3. The van der Waals surface area contributed by atoms with Crippen LogP contribution in [0.2, 0.25) is 0 Å². The third kappa shape index (κ3) is 3.30. The third-order valence-corrected chi connectivity index (χ3v) is 2.52. The molecule has 0 N–H and O–H groups in total. The molecule has 0 aliphatic heterocycles. The average molecular weight is 218 g/mol. The molecule has 0 radical (unpaired) electrons. The van der Waals surface area contributed by atoms with Gasteiger partial charge in [0.25, 0.3) is 0 Å².